The maximum absolute atomic E-state index is 12.1. The molecule has 0 aliphatic carbocycles. The second-order valence-electron chi connectivity index (χ2n) is 3.05. The van der Waals surface area contributed by atoms with E-state index in [4.69, 9.17) is 0 Å². The van der Waals surface area contributed by atoms with Gasteiger partial charge in [-0.2, -0.15) is 0 Å². The van der Waals surface area contributed by atoms with Crippen LogP contribution in [0.5, 0.6) is 0 Å². The smallest absolute Gasteiger partial charge is 0.270 e. The van der Waals surface area contributed by atoms with Gasteiger partial charge in [-0.25, -0.2) is 14.0 Å². The van der Waals surface area contributed by atoms with Crippen LogP contribution in [0.2, 0.25) is 0 Å². The summed E-state index contributed by atoms with van der Waals surface area (Å²) in [7, 11) is 8.49. The van der Waals surface area contributed by atoms with Crippen molar-refractivity contribution in [3.8, 4) is 0 Å². The molecule has 0 heterocycles. The summed E-state index contributed by atoms with van der Waals surface area (Å²) in [6, 6.07) is 0. The molecule has 0 aromatic heterocycles. The zero-order chi connectivity index (χ0) is 11.2. The molecule has 0 N–H and O–H groups in total. The van der Waals surface area contributed by atoms with Crippen LogP contribution in [-0.2, 0) is 4.57 Å². The summed E-state index contributed by atoms with van der Waals surface area (Å²) >= 11 is 0. The van der Waals surface area contributed by atoms with Gasteiger partial charge in [-0.1, -0.05) is 13.8 Å². The maximum Gasteiger partial charge on any atom is 0.285 e. The summed E-state index contributed by atoms with van der Waals surface area (Å²) < 4.78 is 17.3. The number of hydrogen-bond donors (Lipinski definition) is 0. The Labute approximate surface area is 83.0 Å². The van der Waals surface area contributed by atoms with Gasteiger partial charge in [0.15, 0.2) is 0 Å². The molecule has 0 aliphatic heterocycles. The summed E-state index contributed by atoms with van der Waals surface area (Å²) in [5.41, 5.74) is 0. The monoisotopic (exact) mass is 209 g/mol. The quantitative estimate of drug-likeness (QED) is 0.662. The molecule has 0 radical (unpaired) electrons. The number of nitrogens with zero attached hydrogens (tertiary/aromatic N) is 3. The Morgan fingerprint density at radius 2 is 0.846 bits per heavy atom. The summed E-state index contributed by atoms with van der Waals surface area (Å²) in [6.07, 6.45) is 0. The van der Waals surface area contributed by atoms with Gasteiger partial charge in [0.1, 0.15) is 0 Å². The largest absolute Gasteiger partial charge is 0.285 e. The third-order valence-electron chi connectivity index (χ3n) is 1.56. The van der Waals surface area contributed by atoms with Crippen molar-refractivity contribution in [2.45, 2.75) is 13.8 Å². The summed E-state index contributed by atoms with van der Waals surface area (Å²) in [5, 5.41) is 0. The van der Waals surface area contributed by atoms with Crippen molar-refractivity contribution in [3.05, 3.63) is 0 Å². The molecule has 0 aliphatic rings. The van der Waals surface area contributed by atoms with Gasteiger partial charge in [-0.3, -0.25) is 4.57 Å². The van der Waals surface area contributed by atoms with Crippen LogP contribution in [0.25, 0.3) is 0 Å². The standard InChI is InChI=1S/C6H18N3OP.C2H6/c1-7(2)11(10,8(3)4)9(5)6;1-2/h1-6H3;1-2H3. The predicted molar refractivity (Wildman–Crippen MR) is 60.0 cm³/mol. The zero-order valence-corrected chi connectivity index (χ0v) is 11.1. The van der Waals surface area contributed by atoms with Gasteiger partial charge in [0.25, 0.3) is 7.59 Å². The fraction of sp³-hybridized carbons (Fsp3) is 1.00. The molecule has 5 heteroatoms. The fourth-order valence-electron chi connectivity index (χ4n) is 1.07. The molecule has 0 aromatic carbocycles. The van der Waals surface area contributed by atoms with Crippen molar-refractivity contribution in [1.82, 2.24) is 14.0 Å². The average molecular weight is 209 g/mol. The van der Waals surface area contributed by atoms with Crippen LogP contribution in [0.1, 0.15) is 13.8 Å². The molecule has 4 nitrogen and oxygen atoms in total. The van der Waals surface area contributed by atoms with E-state index in [0.29, 0.717) is 0 Å². The second kappa shape index (κ2) is 6.55. The van der Waals surface area contributed by atoms with Gasteiger partial charge in [0.05, 0.1) is 0 Å². The van der Waals surface area contributed by atoms with Crippen molar-refractivity contribution in [3.63, 3.8) is 0 Å². The molecule has 0 unspecified atom stereocenters. The molecule has 82 valence electrons. The van der Waals surface area contributed by atoms with Crippen LogP contribution in [0, 0.1) is 0 Å². The Bertz CT molecular complexity index is 140. The molecule has 0 bridgehead atoms. The zero-order valence-electron chi connectivity index (χ0n) is 10.2. The third-order valence-corrected chi connectivity index (χ3v) is 4.69. The summed E-state index contributed by atoms with van der Waals surface area (Å²) in [5.74, 6) is 0. The van der Waals surface area contributed by atoms with E-state index in [-0.39, 0.29) is 0 Å². The SMILES string of the molecule is CC.CN(C)P(=O)(N(C)C)N(C)C. The summed E-state index contributed by atoms with van der Waals surface area (Å²) in [4.78, 5) is 0. The molecule has 0 saturated heterocycles. The van der Waals surface area contributed by atoms with Crippen LogP contribution >= 0.6 is 7.59 Å². The Hall–Kier alpha value is 0.110. The average Bonchev–Trinajstić information content (AvgIpc) is 2.05. The highest BCUT2D eigenvalue weighted by atomic mass is 31.2. The first-order valence-electron chi connectivity index (χ1n) is 4.47. The van der Waals surface area contributed by atoms with Crippen LogP contribution in [0.15, 0.2) is 0 Å². The lowest BCUT2D eigenvalue weighted by atomic mass is 11.0. The van der Waals surface area contributed by atoms with Crippen LogP contribution in [0.4, 0.5) is 0 Å². The molecule has 0 aromatic rings. The summed E-state index contributed by atoms with van der Waals surface area (Å²) in [6.45, 7) is 4.00. The maximum atomic E-state index is 12.1. The third kappa shape index (κ3) is 3.77. The molecular formula is C8H24N3OP. The molecule has 0 spiro atoms. The van der Waals surface area contributed by atoms with Gasteiger partial charge in [0, 0.05) is 0 Å². The van der Waals surface area contributed by atoms with E-state index in [1.807, 2.05) is 56.1 Å². The van der Waals surface area contributed by atoms with Crippen LogP contribution < -0.4 is 0 Å². The van der Waals surface area contributed by atoms with E-state index in [0.717, 1.165) is 0 Å². The number of hydrogen-bond acceptors (Lipinski definition) is 1. The van der Waals surface area contributed by atoms with Crippen molar-refractivity contribution in [1.29, 1.82) is 0 Å². The highest BCUT2D eigenvalue weighted by molar-refractivity contribution is 7.56. The fourth-order valence-corrected chi connectivity index (χ4v) is 3.22. The Balaban J connectivity index is 0. The molecular weight excluding hydrogens is 185 g/mol. The Kier molecular flexibility index (Phi) is 7.84. The van der Waals surface area contributed by atoms with Crippen molar-refractivity contribution < 1.29 is 4.57 Å². The highest BCUT2D eigenvalue weighted by Gasteiger charge is 2.30. The molecule has 0 amide bonds. The minimum absolute atomic E-state index is 1.74. The van der Waals surface area contributed by atoms with Gasteiger partial charge < -0.3 is 0 Å². The molecule has 0 fully saturated rings. The van der Waals surface area contributed by atoms with Crippen molar-refractivity contribution in [2.75, 3.05) is 42.3 Å². The first kappa shape index (κ1) is 15.6. The van der Waals surface area contributed by atoms with E-state index in [2.05, 4.69) is 0 Å². The van der Waals surface area contributed by atoms with E-state index in [9.17, 15) is 4.57 Å². The lowest BCUT2D eigenvalue weighted by Gasteiger charge is -2.34. The molecule has 0 atom stereocenters. The topological polar surface area (TPSA) is 26.8 Å². The first-order chi connectivity index (χ1) is 5.83. The first-order valence-corrected chi connectivity index (χ1v) is 6.03. The molecule has 13 heavy (non-hydrogen) atoms. The van der Waals surface area contributed by atoms with E-state index in [1.54, 1.807) is 14.0 Å². The van der Waals surface area contributed by atoms with E-state index in [1.165, 1.54) is 0 Å². The van der Waals surface area contributed by atoms with E-state index < -0.39 is 7.59 Å². The minimum Gasteiger partial charge on any atom is -0.270 e. The predicted octanol–water partition coefficient (Wildman–Crippen LogP) is 1.81. The highest BCUT2D eigenvalue weighted by Crippen LogP contribution is 2.50. The molecule has 0 saturated carbocycles. The van der Waals surface area contributed by atoms with Gasteiger partial charge >= 0.3 is 0 Å². The lowest BCUT2D eigenvalue weighted by Crippen LogP contribution is -2.30. The molecule has 0 rings (SSSR count). The number of rotatable bonds is 3. The Morgan fingerprint density at radius 3 is 0.846 bits per heavy atom. The van der Waals surface area contributed by atoms with Gasteiger partial charge in [-0.15, -0.1) is 0 Å². The normalized spacial score (nSPS) is 11.9. The van der Waals surface area contributed by atoms with Gasteiger partial charge in [-0.05, 0) is 42.3 Å². The van der Waals surface area contributed by atoms with Crippen LogP contribution in [-0.4, -0.2) is 56.3 Å². The van der Waals surface area contributed by atoms with Gasteiger partial charge in [0.2, 0.25) is 0 Å². The van der Waals surface area contributed by atoms with Crippen LogP contribution in [0.3, 0.4) is 0 Å². The van der Waals surface area contributed by atoms with E-state index >= 15 is 0 Å². The second-order valence-corrected chi connectivity index (χ2v) is 6.48. The Morgan fingerprint density at radius 1 is 0.692 bits per heavy atom. The van der Waals surface area contributed by atoms with Crippen molar-refractivity contribution in [2.24, 2.45) is 0 Å². The van der Waals surface area contributed by atoms with Crippen molar-refractivity contribution >= 4 is 7.59 Å². The lowest BCUT2D eigenvalue weighted by molar-refractivity contribution is 0.383. The minimum atomic E-state index is -2.44.